The predicted octanol–water partition coefficient (Wildman–Crippen LogP) is 1.75. The summed E-state index contributed by atoms with van der Waals surface area (Å²) in [5.74, 6) is -1.55. The van der Waals surface area contributed by atoms with Crippen molar-refractivity contribution in [1.82, 2.24) is 5.32 Å². The number of ether oxygens (including phenoxy) is 1. The second-order valence-corrected chi connectivity index (χ2v) is 5.73. The number of urea groups is 1. The zero-order valence-electron chi connectivity index (χ0n) is 11.8. The summed E-state index contributed by atoms with van der Waals surface area (Å²) in [6.07, 6.45) is -1.01. The summed E-state index contributed by atoms with van der Waals surface area (Å²) in [5, 5.41) is 1.92. The molecule has 0 saturated carbocycles. The largest absolute Gasteiger partial charge is 0.452 e. The SMILES string of the molecule is CC(C)[C@@H](OC(=O)Cc1ccc(Br)cc1)C(=O)NC(N)=O. The monoisotopic (exact) mass is 356 g/mol. The molecule has 0 aliphatic carbocycles. The van der Waals surface area contributed by atoms with E-state index < -0.39 is 24.0 Å². The van der Waals surface area contributed by atoms with Crippen LogP contribution in [0.4, 0.5) is 4.79 Å². The highest BCUT2D eigenvalue weighted by molar-refractivity contribution is 9.10. The normalized spacial score (nSPS) is 11.8. The molecule has 0 aliphatic heterocycles. The summed E-state index contributed by atoms with van der Waals surface area (Å²) < 4.78 is 6.04. The Hall–Kier alpha value is -1.89. The van der Waals surface area contributed by atoms with Crippen molar-refractivity contribution in [2.24, 2.45) is 11.7 Å². The van der Waals surface area contributed by atoms with Gasteiger partial charge in [0.05, 0.1) is 6.42 Å². The van der Waals surface area contributed by atoms with Gasteiger partial charge in [-0.2, -0.15) is 0 Å². The third-order valence-electron chi connectivity index (χ3n) is 2.63. The number of halogens is 1. The number of esters is 1. The minimum Gasteiger partial charge on any atom is -0.452 e. The number of benzene rings is 1. The molecule has 0 bridgehead atoms. The standard InChI is InChI=1S/C14H17BrN2O4/c1-8(2)12(13(19)17-14(16)20)21-11(18)7-9-3-5-10(15)6-4-9/h3-6,8,12H,7H2,1-2H3,(H3,16,17,19,20)/t12-/m1/s1. The number of hydrogen-bond acceptors (Lipinski definition) is 4. The first-order valence-electron chi connectivity index (χ1n) is 6.34. The van der Waals surface area contributed by atoms with Crippen molar-refractivity contribution in [2.45, 2.75) is 26.4 Å². The van der Waals surface area contributed by atoms with E-state index in [0.29, 0.717) is 0 Å². The molecule has 3 amide bonds. The van der Waals surface area contributed by atoms with Crippen molar-refractivity contribution in [3.05, 3.63) is 34.3 Å². The van der Waals surface area contributed by atoms with E-state index in [0.717, 1.165) is 10.0 Å². The zero-order valence-corrected chi connectivity index (χ0v) is 13.3. The van der Waals surface area contributed by atoms with Crippen molar-refractivity contribution in [3.8, 4) is 0 Å². The summed E-state index contributed by atoms with van der Waals surface area (Å²) in [5.41, 5.74) is 5.65. The molecule has 1 rings (SSSR count). The summed E-state index contributed by atoms with van der Waals surface area (Å²) in [6, 6.07) is 6.19. The Morgan fingerprint density at radius 1 is 1.24 bits per heavy atom. The first kappa shape index (κ1) is 17.2. The van der Waals surface area contributed by atoms with Crippen LogP contribution in [0.1, 0.15) is 19.4 Å². The fraction of sp³-hybridized carbons (Fsp3) is 0.357. The zero-order chi connectivity index (χ0) is 16.0. The van der Waals surface area contributed by atoms with Crippen LogP contribution in [0.3, 0.4) is 0 Å². The number of amides is 3. The van der Waals surface area contributed by atoms with Gasteiger partial charge in [0, 0.05) is 4.47 Å². The number of primary amides is 1. The fourth-order valence-electron chi connectivity index (χ4n) is 1.64. The topological polar surface area (TPSA) is 98.5 Å². The lowest BCUT2D eigenvalue weighted by Gasteiger charge is -2.19. The maximum atomic E-state index is 11.9. The summed E-state index contributed by atoms with van der Waals surface area (Å²) in [7, 11) is 0. The van der Waals surface area contributed by atoms with Gasteiger partial charge in [0.25, 0.3) is 5.91 Å². The van der Waals surface area contributed by atoms with Crippen LogP contribution in [-0.4, -0.2) is 24.0 Å². The van der Waals surface area contributed by atoms with E-state index in [4.69, 9.17) is 10.5 Å². The number of hydrogen-bond donors (Lipinski definition) is 2. The molecule has 1 atom stereocenters. The van der Waals surface area contributed by atoms with Gasteiger partial charge in [-0.25, -0.2) is 4.79 Å². The van der Waals surface area contributed by atoms with Crippen LogP contribution in [-0.2, 0) is 20.7 Å². The predicted molar refractivity (Wildman–Crippen MR) is 80.3 cm³/mol. The smallest absolute Gasteiger partial charge is 0.318 e. The summed E-state index contributed by atoms with van der Waals surface area (Å²) in [4.78, 5) is 34.3. The maximum Gasteiger partial charge on any atom is 0.318 e. The van der Waals surface area contributed by atoms with Crippen molar-refractivity contribution in [1.29, 1.82) is 0 Å². The van der Waals surface area contributed by atoms with Crippen LogP contribution in [0.5, 0.6) is 0 Å². The summed E-state index contributed by atoms with van der Waals surface area (Å²) in [6.45, 7) is 3.41. The average Bonchev–Trinajstić information content (AvgIpc) is 2.37. The first-order valence-corrected chi connectivity index (χ1v) is 7.13. The quantitative estimate of drug-likeness (QED) is 0.785. The van der Waals surface area contributed by atoms with Crippen molar-refractivity contribution in [2.75, 3.05) is 0 Å². The molecular formula is C14H17BrN2O4. The van der Waals surface area contributed by atoms with Crippen LogP contribution in [0.2, 0.25) is 0 Å². The fourth-order valence-corrected chi connectivity index (χ4v) is 1.90. The molecule has 0 fully saturated rings. The van der Waals surface area contributed by atoms with Gasteiger partial charge in [-0.3, -0.25) is 14.9 Å². The molecule has 7 heteroatoms. The minimum absolute atomic E-state index is 0.0420. The van der Waals surface area contributed by atoms with E-state index in [1.165, 1.54) is 0 Å². The van der Waals surface area contributed by atoms with Crippen LogP contribution in [0.25, 0.3) is 0 Å². The van der Waals surface area contributed by atoms with Crippen LogP contribution in [0.15, 0.2) is 28.7 Å². The minimum atomic E-state index is -1.06. The Morgan fingerprint density at radius 3 is 2.29 bits per heavy atom. The molecule has 0 heterocycles. The Morgan fingerprint density at radius 2 is 1.81 bits per heavy atom. The van der Waals surface area contributed by atoms with Gasteiger partial charge in [0.1, 0.15) is 0 Å². The molecule has 1 aromatic carbocycles. The maximum absolute atomic E-state index is 11.9. The highest BCUT2D eigenvalue weighted by Crippen LogP contribution is 2.13. The number of carbonyl (C=O) groups is 3. The highest BCUT2D eigenvalue weighted by Gasteiger charge is 2.27. The van der Waals surface area contributed by atoms with E-state index in [2.05, 4.69) is 15.9 Å². The molecule has 0 radical (unpaired) electrons. The second kappa shape index (κ2) is 7.78. The Labute approximate surface area is 131 Å². The molecule has 0 aromatic heterocycles. The Kier molecular flexibility index (Phi) is 6.36. The molecule has 0 unspecified atom stereocenters. The lowest BCUT2D eigenvalue weighted by molar-refractivity contribution is -0.157. The van der Waals surface area contributed by atoms with E-state index in [9.17, 15) is 14.4 Å². The molecule has 3 N–H and O–H groups in total. The van der Waals surface area contributed by atoms with Gasteiger partial charge < -0.3 is 10.5 Å². The number of carbonyl (C=O) groups excluding carboxylic acids is 3. The Balaban J connectivity index is 2.66. The summed E-state index contributed by atoms with van der Waals surface area (Å²) >= 11 is 3.30. The van der Waals surface area contributed by atoms with Crippen LogP contribution >= 0.6 is 15.9 Å². The first-order chi connectivity index (χ1) is 9.79. The number of imide groups is 1. The van der Waals surface area contributed by atoms with Crippen molar-refractivity contribution < 1.29 is 19.1 Å². The molecule has 1 aromatic rings. The van der Waals surface area contributed by atoms with Gasteiger partial charge in [-0.15, -0.1) is 0 Å². The molecule has 0 aliphatic rings. The molecule has 6 nitrogen and oxygen atoms in total. The van der Waals surface area contributed by atoms with Gasteiger partial charge >= 0.3 is 12.0 Å². The molecule has 114 valence electrons. The Bertz CT molecular complexity index is 528. The van der Waals surface area contributed by atoms with Gasteiger partial charge in [-0.05, 0) is 23.6 Å². The van der Waals surface area contributed by atoms with Crippen molar-refractivity contribution in [3.63, 3.8) is 0 Å². The van der Waals surface area contributed by atoms with Crippen molar-refractivity contribution >= 4 is 33.8 Å². The molecular weight excluding hydrogens is 340 g/mol. The third-order valence-corrected chi connectivity index (χ3v) is 3.16. The number of nitrogens with two attached hydrogens (primary N) is 1. The van der Waals surface area contributed by atoms with E-state index in [1.54, 1.807) is 26.0 Å². The lowest BCUT2D eigenvalue weighted by Crippen LogP contribution is -2.45. The lowest BCUT2D eigenvalue weighted by atomic mass is 10.1. The second-order valence-electron chi connectivity index (χ2n) is 4.81. The third kappa shape index (κ3) is 5.95. The molecule has 0 spiro atoms. The number of rotatable bonds is 5. The van der Waals surface area contributed by atoms with E-state index in [1.807, 2.05) is 17.4 Å². The highest BCUT2D eigenvalue weighted by atomic mass is 79.9. The average molecular weight is 357 g/mol. The molecule has 21 heavy (non-hydrogen) atoms. The van der Waals surface area contributed by atoms with Gasteiger partial charge in [0.2, 0.25) is 0 Å². The molecule has 0 saturated heterocycles. The van der Waals surface area contributed by atoms with E-state index >= 15 is 0 Å². The number of nitrogens with one attached hydrogen (secondary N) is 1. The van der Waals surface area contributed by atoms with Gasteiger partial charge in [-0.1, -0.05) is 41.9 Å². The van der Waals surface area contributed by atoms with E-state index in [-0.39, 0.29) is 12.3 Å². The van der Waals surface area contributed by atoms with Gasteiger partial charge in [0.15, 0.2) is 6.10 Å². The van der Waals surface area contributed by atoms with Crippen LogP contribution in [0, 0.1) is 5.92 Å². The van der Waals surface area contributed by atoms with Crippen LogP contribution < -0.4 is 11.1 Å².